The fourth-order valence-corrected chi connectivity index (χ4v) is 6.39. The number of rotatable bonds is 5. The molecule has 5 rings (SSSR count). The predicted molar refractivity (Wildman–Crippen MR) is 129 cm³/mol. The Bertz CT molecular complexity index is 1180. The molecular weight excluding hydrogens is 443 g/mol. The number of fused-ring (bicyclic) bond motifs is 1. The SMILES string of the molecule is COC(=O)c1c(N2CC[C@H](CO)C2)sc(-c2ccc3c(c2)ncn3[C@@H]2CCCC[C@H]2F)c1N. The van der Waals surface area contributed by atoms with E-state index in [1.807, 2.05) is 22.8 Å². The highest BCUT2D eigenvalue weighted by Crippen LogP contribution is 2.46. The molecule has 7 nitrogen and oxygen atoms in total. The van der Waals surface area contributed by atoms with Gasteiger partial charge in [-0.3, -0.25) is 0 Å². The molecule has 0 spiro atoms. The molecule has 0 amide bonds. The third-order valence-corrected chi connectivity index (χ3v) is 8.30. The minimum Gasteiger partial charge on any atom is -0.465 e. The van der Waals surface area contributed by atoms with Crippen LogP contribution in [0.1, 0.15) is 48.5 Å². The van der Waals surface area contributed by atoms with E-state index in [1.165, 1.54) is 18.4 Å². The number of nitrogen functional groups attached to an aromatic ring is 1. The number of benzene rings is 1. The Morgan fingerprint density at radius 3 is 2.88 bits per heavy atom. The van der Waals surface area contributed by atoms with Crippen LogP contribution < -0.4 is 10.6 Å². The molecule has 3 N–H and O–H groups in total. The van der Waals surface area contributed by atoms with Crippen LogP contribution in [0.25, 0.3) is 21.5 Å². The van der Waals surface area contributed by atoms with E-state index in [1.54, 1.807) is 6.33 Å². The number of imidazole rings is 1. The Labute approximate surface area is 196 Å². The van der Waals surface area contributed by atoms with Gasteiger partial charge in [0.05, 0.1) is 41.1 Å². The van der Waals surface area contributed by atoms with Crippen molar-refractivity contribution in [2.75, 3.05) is 37.4 Å². The monoisotopic (exact) mass is 472 g/mol. The van der Waals surface area contributed by atoms with E-state index in [0.717, 1.165) is 58.7 Å². The van der Waals surface area contributed by atoms with Gasteiger partial charge >= 0.3 is 5.97 Å². The summed E-state index contributed by atoms with van der Waals surface area (Å²) in [5.74, 6) is -0.282. The van der Waals surface area contributed by atoms with Crippen LogP contribution >= 0.6 is 11.3 Å². The lowest BCUT2D eigenvalue weighted by Gasteiger charge is -2.27. The quantitative estimate of drug-likeness (QED) is 0.535. The van der Waals surface area contributed by atoms with E-state index in [0.29, 0.717) is 24.2 Å². The van der Waals surface area contributed by atoms with Crippen molar-refractivity contribution < 1.29 is 19.0 Å². The Morgan fingerprint density at radius 1 is 1.33 bits per heavy atom. The highest BCUT2D eigenvalue weighted by atomic mass is 32.1. The zero-order chi connectivity index (χ0) is 23.1. The smallest absolute Gasteiger partial charge is 0.343 e. The molecule has 1 saturated carbocycles. The summed E-state index contributed by atoms with van der Waals surface area (Å²) in [6, 6.07) is 5.71. The summed E-state index contributed by atoms with van der Waals surface area (Å²) in [5, 5.41) is 10.3. The zero-order valence-corrected chi connectivity index (χ0v) is 19.5. The van der Waals surface area contributed by atoms with Crippen LogP contribution in [0.15, 0.2) is 24.5 Å². The fourth-order valence-electron chi connectivity index (χ4n) is 5.15. The molecule has 1 aromatic carbocycles. The third-order valence-electron chi connectivity index (χ3n) is 6.99. The number of aliphatic hydroxyl groups is 1. The van der Waals surface area contributed by atoms with Crippen molar-refractivity contribution in [3.8, 4) is 10.4 Å². The highest BCUT2D eigenvalue weighted by Gasteiger charge is 2.32. The Balaban J connectivity index is 1.53. The molecule has 0 radical (unpaired) electrons. The number of thiophene rings is 1. The van der Waals surface area contributed by atoms with Crippen LogP contribution in [0.2, 0.25) is 0 Å². The summed E-state index contributed by atoms with van der Waals surface area (Å²) < 4.78 is 21.6. The molecule has 0 bridgehead atoms. The lowest BCUT2D eigenvalue weighted by molar-refractivity contribution is 0.0603. The highest BCUT2D eigenvalue weighted by molar-refractivity contribution is 7.20. The van der Waals surface area contributed by atoms with E-state index >= 15 is 0 Å². The number of nitrogens with two attached hydrogens (primary N) is 1. The van der Waals surface area contributed by atoms with Gasteiger partial charge in [-0.15, -0.1) is 11.3 Å². The third kappa shape index (κ3) is 3.87. The number of carbonyl (C=O) groups excluding carboxylic acids is 1. The summed E-state index contributed by atoms with van der Waals surface area (Å²) in [7, 11) is 1.35. The summed E-state index contributed by atoms with van der Waals surface area (Å²) in [4.78, 5) is 20.1. The molecule has 3 heterocycles. The van der Waals surface area contributed by atoms with Gasteiger partial charge in [0.1, 0.15) is 16.7 Å². The Kier molecular flexibility index (Phi) is 6.01. The number of anilines is 2. The van der Waals surface area contributed by atoms with E-state index < -0.39 is 12.1 Å². The summed E-state index contributed by atoms with van der Waals surface area (Å²) >= 11 is 1.46. The van der Waals surface area contributed by atoms with Crippen LogP contribution in [0.3, 0.4) is 0 Å². The maximum Gasteiger partial charge on any atom is 0.343 e. The molecule has 176 valence electrons. The number of aromatic nitrogens is 2. The number of aliphatic hydroxyl groups excluding tert-OH is 1. The average molecular weight is 473 g/mol. The zero-order valence-electron chi connectivity index (χ0n) is 18.7. The van der Waals surface area contributed by atoms with Crippen molar-refractivity contribution >= 4 is 39.0 Å². The van der Waals surface area contributed by atoms with Crippen LogP contribution in [0.4, 0.5) is 15.1 Å². The molecule has 9 heteroatoms. The molecular formula is C24H29FN4O3S. The number of hydrogen-bond acceptors (Lipinski definition) is 7. The van der Waals surface area contributed by atoms with Gasteiger partial charge in [0.25, 0.3) is 0 Å². The standard InChI is InChI=1S/C24H29FN4O3S/c1-32-24(31)20-21(26)22(33-23(20)28-9-8-14(11-28)12-30)15-6-7-19-17(10-15)27-13-29(19)18-5-3-2-4-16(18)25/h6-7,10,13-14,16,18,30H,2-5,8-9,11-12,26H2,1H3/t14-,16+,18+/m0/s1. The molecule has 2 aliphatic rings. The van der Waals surface area contributed by atoms with E-state index in [-0.39, 0.29) is 18.6 Å². The van der Waals surface area contributed by atoms with Gasteiger partial charge < -0.3 is 25.0 Å². The number of ether oxygens (including phenoxy) is 1. The fraction of sp³-hybridized carbons (Fsp3) is 0.500. The maximum atomic E-state index is 14.6. The molecule has 2 fully saturated rings. The molecule has 3 aromatic rings. The van der Waals surface area contributed by atoms with Gasteiger partial charge in [-0.25, -0.2) is 14.2 Å². The molecule has 2 aromatic heterocycles. The van der Waals surface area contributed by atoms with Crippen LogP contribution in [0, 0.1) is 5.92 Å². The maximum absolute atomic E-state index is 14.6. The first-order valence-corrected chi connectivity index (χ1v) is 12.3. The first-order chi connectivity index (χ1) is 16.0. The average Bonchev–Trinajstić information content (AvgIpc) is 3.55. The van der Waals surface area contributed by atoms with Crippen molar-refractivity contribution in [2.45, 2.75) is 44.3 Å². The van der Waals surface area contributed by atoms with E-state index in [9.17, 15) is 14.3 Å². The predicted octanol–water partition coefficient (Wildman–Crippen LogP) is 4.41. The van der Waals surface area contributed by atoms with Crippen LogP contribution in [-0.4, -0.2) is 53.6 Å². The minimum atomic E-state index is -0.850. The second-order valence-corrected chi connectivity index (χ2v) is 10.0. The number of methoxy groups -OCH3 is 1. The van der Waals surface area contributed by atoms with Gasteiger partial charge in [0.2, 0.25) is 0 Å². The first-order valence-electron chi connectivity index (χ1n) is 11.5. The van der Waals surface area contributed by atoms with Crippen molar-refractivity contribution in [1.82, 2.24) is 9.55 Å². The summed E-state index contributed by atoms with van der Waals surface area (Å²) in [6.07, 6.45) is 5.14. The second kappa shape index (κ2) is 8.95. The van der Waals surface area contributed by atoms with Gasteiger partial charge in [-0.05, 0) is 37.0 Å². The van der Waals surface area contributed by atoms with Crippen molar-refractivity contribution in [3.63, 3.8) is 0 Å². The lowest BCUT2D eigenvalue weighted by Crippen LogP contribution is -2.23. The normalized spacial score (nSPS) is 23.4. The lowest BCUT2D eigenvalue weighted by atomic mass is 9.93. The molecule has 1 aliphatic carbocycles. The van der Waals surface area contributed by atoms with Crippen molar-refractivity contribution in [1.29, 1.82) is 0 Å². The number of esters is 1. The Morgan fingerprint density at radius 2 is 2.15 bits per heavy atom. The van der Waals surface area contributed by atoms with Gasteiger partial charge in [-0.1, -0.05) is 18.9 Å². The van der Waals surface area contributed by atoms with E-state index in [4.69, 9.17) is 10.5 Å². The molecule has 1 aliphatic heterocycles. The van der Waals surface area contributed by atoms with Crippen molar-refractivity contribution in [2.24, 2.45) is 5.92 Å². The first kappa shape index (κ1) is 22.2. The van der Waals surface area contributed by atoms with Crippen molar-refractivity contribution in [3.05, 3.63) is 30.1 Å². The van der Waals surface area contributed by atoms with E-state index in [2.05, 4.69) is 9.88 Å². The number of halogens is 1. The number of nitrogens with zero attached hydrogens (tertiary/aromatic N) is 3. The topological polar surface area (TPSA) is 93.6 Å². The number of carbonyl (C=O) groups is 1. The van der Waals surface area contributed by atoms with Gasteiger partial charge in [-0.2, -0.15) is 0 Å². The Hall–Kier alpha value is -2.65. The van der Waals surface area contributed by atoms with Crippen LogP contribution in [-0.2, 0) is 4.74 Å². The minimum absolute atomic E-state index is 0.123. The molecule has 1 saturated heterocycles. The second-order valence-electron chi connectivity index (χ2n) is 9.02. The van der Waals surface area contributed by atoms with Gasteiger partial charge in [0.15, 0.2) is 0 Å². The van der Waals surface area contributed by atoms with Crippen LogP contribution in [0.5, 0.6) is 0 Å². The largest absolute Gasteiger partial charge is 0.465 e. The van der Waals surface area contributed by atoms with Gasteiger partial charge in [0, 0.05) is 25.6 Å². The molecule has 33 heavy (non-hydrogen) atoms. The summed E-state index contributed by atoms with van der Waals surface area (Å²) in [6.45, 7) is 1.55. The summed E-state index contributed by atoms with van der Waals surface area (Å²) in [5.41, 5.74) is 9.81. The number of alkyl halides is 1. The molecule has 3 atom stereocenters. The molecule has 0 unspecified atom stereocenters. The number of hydrogen-bond donors (Lipinski definition) is 2.